The molecule has 0 aliphatic rings. The number of ether oxygens (including phenoxy) is 2. The summed E-state index contributed by atoms with van der Waals surface area (Å²) >= 11 is 5.87. The number of rotatable bonds is 4. The highest BCUT2D eigenvalue weighted by Crippen LogP contribution is 2.15. The lowest BCUT2D eigenvalue weighted by molar-refractivity contribution is 0.0589. The zero-order valence-corrected chi connectivity index (χ0v) is 11.8. The van der Waals surface area contributed by atoms with Gasteiger partial charge in [0.05, 0.1) is 25.5 Å². The van der Waals surface area contributed by atoms with Crippen LogP contribution in [0.15, 0.2) is 41.6 Å². The Morgan fingerprint density at radius 2 is 2.00 bits per heavy atom. The normalized spacial score (nSPS) is 10.8. The Balaban J connectivity index is 2.24. The molecule has 104 valence electrons. The topological polar surface area (TPSA) is 52.8 Å². The molecule has 5 nitrogen and oxygen atoms in total. The summed E-state index contributed by atoms with van der Waals surface area (Å²) in [4.78, 5) is 11.6. The van der Waals surface area contributed by atoms with Crippen molar-refractivity contribution in [2.45, 2.75) is 0 Å². The fourth-order valence-corrected chi connectivity index (χ4v) is 1.79. The van der Waals surface area contributed by atoms with Crippen LogP contribution in [0.2, 0.25) is 5.02 Å². The van der Waals surface area contributed by atoms with Crippen LogP contribution in [-0.4, -0.2) is 31.1 Å². The predicted octanol–water partition coefficient (Wildman–Crippen LogP) is 2.82. The Morgan fingerprint density at radius 1 is 1.30 bits per heavy atom. The summed E-state index contributed by atoms with van der Waals surface area (Å²) in [5.41, 5.74) is 1.13. The third-order valence-electron chi connectivity index (χ3n) is 2.61. The molecule has 0 aliphatic carbocycles. The van der Waals surface area contributed by atoms with Crippen LogP contribution in [0.25, 0.3) is 0 Å². The Hall–Kier alpha value is -2.27. The van der Waals surface area contributed by atoms with Gasteiger partial charge < -0.3 is 9.47 Å². The van der Waals surface area contributed by atoms with E-state index in [1.54, 1.807) is 13.3 Å². The van der Waals surface area contributed by atoms with Crippen molar-refractivity contribution >= 4 is 23.8 Å². The molecule has 0 saturated carbocycles. The first-order chi connectivity index (χ1) is 9.63. The third-order valence-corrected chi connectivity index (χ3v) is 2.82. The zero-order valence-electron chi connectivity index (χ0n) is 11.0. The monoisotopic (exact) mass is 292 g/mol. The second kappa shape index (κ2) is 6.25. The number of carbonyl (C=O) groups excluding carboxylic acids is 1. The maximum absolute atomic E-state index is 11.6. The fourth-order valence-electron chi connectivity index (χ4n) is 1.59. The number of hydrogen-bond donors (Lipinski definition) is 0. The first-order valence-electron chi connectivity index (χ1n) is 5.78. The van der Waals surface area contributed by atoms with Gasteiger partial charge in [0.1, 0.15) is 5.75 Å². The quantitative estimate of drug-likeness (QED) is 0.643. The molecule has 2 aromatic rings. The Labute approximate surface area is 121 Å². The lowest BCUT2D eigenvalue weighted by Gasteiger charge is -2.01. The third kappa shape index (κ3) is 3.19. The van der Waals surface area contributed by atoms with E-state index >= 15 is 0 Å². The number of aromatic nitrogens is 1. The molecule has 0 saturated heterocycles. The molecule has 0 bridgehead atoms. The molecular formula is C14H13ClN2O3. The van der Waals surface area contributed by atoms with Crippen LogP contribution >= 0.6 is 11.6 Å². The first kappa shape index (κ1) is 14.1. The molecule has 0 fully saturated rings. The van der Waals surface area contributed by atoms with E-state index in [0.29, 0.717) is 5.02 Å². The van der Waals surface area contributed by atoms with Gasteiger partial charge in [-0.25, -0.2) is 9.47 Å². The van der Waals surface area contributed by atoms with Gasteiger partial charge in [0, 0.05) is 6.20 Å². The Morgan fingerprint density at radius 3 is 2.60 bits per heavy atom. The predicted molar refractivity (Wildman–Crippen MR) is 76.8 cm³/mol. The van der Waals surface area contributed by atoms with E-state index in [2.05, 4.69) is 9.84 Å². The van der Waals surface area contributed by atoms with E-state index in [9.17, 15) is 4.79 Å². The Bertz CT molecular complexity index is 632. The highest BCUT2D eigenvalue weighted by Gasteiger charge is 2.12. The van der Waals surface area contributed by atoms with Gasteiger partial charge in [-0.05, 0) is 35.9 Å². The average molecular weight is 293 g/mol. The van der Waals surface area contributed by atoms with Gasteiger partial charge in [-0.1, -0.05) is 11.6 Å². The largest absolute Gasteiger partial charge is 0.497 e. The zero-order chi connectivity index (χ0) is 14.5. The van der Waals surface area contributed by atoms with Crippen LogP contribution < -0.4 is 4.74 Å². The molecule has 0 atom stereocenters. The number of benzene rings is 1. The standard InChI is InChI=1S/C14H13ClN2O3/c1-19-12-5-3-10(4-6-12)8-16-17-9-11(15)7-13(17)14(18)20-2/h3-9H,1-2H3. The minimum Gasteiger partial charge on any atom is -0.497 e. The van der Waals surface area contributed by atoms with E-state index in [1.165, 1.54) is 24.0 Å². The van der Waals surface area contributed by atoms with Crippen LogP contribution in [0.3, 0.4) is 0 Å². The van der Waals surface area contributed by atoms with E-state index in [4.69, 9.17) is 16.3 Å². The molecular weight excluding hydrogens is 280 g/mol. The molecule has 2 rings (SSSR count). The minimum absolute atomic E-state index is 0.266. The number of esters is 1. The average Bonchev–Trinajstić information content (AvgIpc) is 2.86. The maximum Gasteiger partial charge on any atom is 0.356 e. The van der Waals surface area contributed by atoms with Crippen molar-refractivity contribution in [1.82, 2.24) is 4.68 Å². The molecule has 6 heteroatoms. The molecule has 0 unspecified atom stereocenters. The number of methoxy groups -OCH3 is 2. The molecule has 0 spiro atoms. The summed E-state index contributed by atoms with van der Waals surface area (Å²) in [6, 6.07) is 8.85. The van der Waals surface area contributed by atoms with Gasteiger partial charge in [-0.3, -0.25) is 0 Å². The molecule has 0 amide bonds. The van der Waals surface area contributed by atoms with Gasteiger partial charge in [0.25, 0.3) is 0 Å². The molecule has 0 aliphatic heterocycles. The molecule has 0 N–H and O–H groups in total. The summed E-state index contributed by atoms with van der Waals surface area (Å²) in [7, 11) is 2.91. The maximum atomic E-state index is 11.6. The van der Waals surface area contributed by atoms with E-state index in [0.717, 1.165) is 11.3 Å². The van der Waals surface area contributed by atoms with E-state index in [1.807, 2.05) is 24.3 Å². The van der Waals surface area contributed by atoms with Crippen molar-refractivity contribution < 1.29 is 14.3 Å². The van der Waals surface area contributed by atoms with Crippen LogP contribution in [0.4, 0.5) is 0 Å². The summed E-state index contributed by atoms with van der Waals surface area (Å²) in [5, 5.41) is 4.60. The smallest absolute Gasteiger partial charge is 0.356 e. The van der Waals surface area contributed by atoms with Crippen molar-refractivity contribution in [1.29, 1.82) is 0 Å². The first-order valence-corrected chi connectivity index (χ1v) is 6.16. The van der Waals surface area contributed by atoms with Crippen molar-refractivity contribution in [3.63, 3.8) is 0 Å². The van der Waals surface area contributed by atoms with Crippen molar-refractivity contribution in [2.24, 2.45) is 5.10 Å². The number of halogens is 1. The van der Waals surface area contributed by atoms with Gasteiger partial charge >= 0.3 is 5.97 Å². The summed E-state index contributed by atoms with van der Waals surface area (Å²) in [6.45, 7) is 0. The summed E-state index contributed by atoms with van der Waals surface area (Å²) < 4.78 is 11.1. The highest BCUT2D eigenvalue weighted by atomic mass is 35.5. The van der Waals surface area contributed by atoms with E-state index in [-0.39, 0.29) is 5.69 Å². The fraction of sp³-hybridized carbons (Fsp3) is 0.143. The van der Waals surface area contributed by atoms with Crippen LogP contribution in [-0.2, 0) is 4.74 Å². The van der Waals surface area contributed by atoms with Crippen LogP contribution in [0.5, 0.6) is 5.75 Å². The van der Waals surface area contributed by atoms with Gasteiger partial charge in [0.2, 0.25) is 0 Å². The molecule has 0 radical (unpaired) electrons. The van der Waals surface area contributed by atoms with Crippen molar-refractivity contribution in [3.05, 3.63) is 52.8 Å². The van der Waals surface area contributed by atoms with Crippen LogP contribution in [0, 0.1) is 0 Å². The van der Waals surface area contributed by atoms with Crippen molar-refractivity contribution in [2.75, 3.05) is 14.2 Å². The van der Waals surface area contributed by atoms with Gasteiger partial charge in [-0.15, -0.1) is 0 Å². The second-order valence-electron chi connectivity index (χ2n) is 3.90. The number of nitrogens with zero attached hydrogens (tertiary/aromatic N) is 2. The number of carbonyl (C=O) groups is 1. The van der Waals surface area contributed by atoms with Gasteiger partial charge in [-0.2, -0.15) is 5.10 Å². The summed E-state index contributed by atoms with van der Waals surface area (Å²) in [6.07, 6.45) is 3.15. The van der Waals surface area contributed by atoms with Crippen LogP contribution in [0.1, 0.15) is 16.1 Å². The van der Waals surface area contributed by atoms with Gasteiger partial charge in [0.15, 0.2) is 5.69 Å². The molecule has 1 aromatic heterocycles. The lowest BCUT2D eigenvalue weighted by atomic mass is 10.2. The minimum atomic E-state index is -0.496. The summed E-state index contributed by atoms with van der Waals surface area (Å²) in [5.74, 6) is 0.269. The SMILES string of the molecule is COC(=O)c1cc(Cl)cn1N=Cc1ccc(OC)cc1. The van der Waals surface area contributed by atoms with E-state index < -0.39 is 5.97 Å². The number of hydrogen-bond acceptors (Lipinski definition) is 4. The molecule has 20 heavy (non-hydrogen) atoms. The second-order valence-corrected chi connectivity index (χ2v) is 4.33. The molecule has 1 aromatic carbocycles. The lowest BCUT2D eigenvalue weighted by Crippen LogP contribution is -2.06. The molecule has 1 heterocycles. The highest BCUT2D eigenvalue weighted by molar-refractivity contribution is 6.31. The Kier molecular flexibility index (Phi) is 4.42. The van der Waals surface area contributed by atoms with Crippen molar-refractivity contribution in [3.8, 4) is 5.75 Å².